The van der Waals surface area contributed by atoms with Crippen LogP contribution in [0.15, 0.2) is 58.4 Å². The molecule has 1 heterocycles. The molecule has 0 atom stereocenters. The molecule has 152 valence electrons. The zero-order chi connectivity index (χ0) is 21.4. The summed E-state index contributed by atoms with van der Waals surface area (Å²) in [5, 5.41) is 4.65. The topological polar surface area (TPSA) is 98.1 Å². The highest BCUT2D eigenvalue weighted by atomic mass is 35.5. The largest absolute Gasteiger partial charge is 0.294 e. The zero-order valence-corrected chi connectivity index (χ0v) is 17.7. The normalized spacial score (nSPS) is 12.1. The van der Waals surface area contributed by atoms with E-state index in [1.807, 2.05) is 0 Å². The first-order valence-corrected chi connectivity index (χ1v) is 10.7. The van der Waals surface area contributed by atoms with Gasteiger partial charge in [-0.05, 0) is 44.5 Å². The molecule has 2 aromatic carbocycles. The Balaban J connectivity index is 2.07. The van der Waals surface area contributed by atoms with E-state index < -0.39 is 26.1 Å². The van der Waals surface area contributed by atoms with Crippen molar-refractivity contribution in [1.29, 1.82) is 0 Å². The summed E-state index contributed by atoms with van der Waals surface area (Å²) in [6, 6.07) is 13.0. The van der Waals surface area contributed by atoms with Crippen LogP contribution in [0.1, 0.15) is 26.3 Å². The minimum atomic E-state index is -3.88. The number of nitrogens with zero attached hydrogens (tertiary/aromatic N) is 2. The molecule has 7 nitrogen and oxygen atoms in total. The summed E-state index contributed by atoms with van der Waals surface area (Å²) < 4.78 is 24.9. The van der Waals surface area contributed by atoms with Gasteiger partial charge in [0, 0.05) is 10.4 Å². The Morgan fingerprint density at radius 1 is 1.07 bits per heavy atom. The molecule has 1 aromatic heterocycles. The van der Waals surface area contributed by atoms with Gasteiger partial charge in [-0.15, -0.1) is 9.89 Å². The first-order valence-electron chi connectivity index (χ1n) is 8.82. The van der Waals surface area contributed by atoms with Crippen LogP contribution in [0.2, 0.25) is 5.02 Å². The maximum Gasteiger partial charge on any atom is 0.294 e. The van der Waals surface area contributed by atoms with Crippen LogP contribution in [0, 0.1) is 0 Å². The molecule has 29 heavy (non-hydrogen) atoms. The van der Waals surface area contributed by atoms with Crippen LogP contribution in [0.5, 0.6) is 0 Å². The second-order valence-electron chi connectivity index (χ2n) is 7.52. The van der Waals surface area contributed by atoms with Crippen molar-refractivity contribution in [2.75, 3.05) is 5.43 Å². The van der Waals surface area contributed by atoms with Crippen molar-refractivity contribution in [3.05, 3.63) is 69.5 Å². The Kier molecular flexibility index (Phi) is 5.51. The summed E-state index contributed by atoms with van der Waals surface area (Å²) >= 11 is 5.84. The number of sulfone groups is 1. The molecule has 0 radical (unpaired) electrons. The van der Waals surface area contributed by atoms with E-state index in [4.69, 9.17) is 11.6 Å². The molecule has 0 saturated heterocycles. The standard InChI is InChI=1S/C20H20ClN3O4S/c1-20(2,3)29(27,28)18-15-6-4-5-7-16(15)19(26)24(23-18)22-17(25)12-13-8-10-14(21)11-9-13/h4-11H,12H2,1-3H3,(H,22,25). The molecular weight excluding hydrogens is 414 g/mol. The van der Waals surface area contributed by atoms with Gasteiger partial charge in [-0.2, -0.15) is 0 Å². The minimum Gasteiger partial charge on any atom is -0.273 e. The molecule has 0 spiro atoms. The number of aromatic nitrogens is 2. The van der Waals surface area contributed by atoms with Crippen LogP contribution in [0.4, 0.5) is 0 Å². The van der Waals surface area contributed by atoms with Gasteiger partial charge in [0.25, 0.3) is 5.56 Å². The van der Waals surface area contributed by atoms with Crippen LogP contribution in [-0.4, -0.2) is 29.0 Å². The minimum absolute atomic E-state index is 0.0283. The summed E-state index contributed by atoms with van der Waals surface area (Å²) in [7, 11) is -3.88. The number of amides is 1. The third kappa shape index (κ3) is 4.18. The van der Waals surface area contributed by atoms with E-state index >= 15 is 0 Å². The molecule has 0 saturated carbocycles. The van der Waals surface area contributed by atoms with Crippen molar-refractivity contribution in [3.8, 4) is 0 Å². The highest BCUT2D eigenvalue weighted by molar-refractivity contribution is 7.92. The number of rotatable bonds is 4. The van der Waals surface area contributed by atoms with E-state index in [0.717, 1.165) is 0 Å². The fourth-order valence-electron chi connectivity index (χ4n) is 2.67. The fraction of sp³-hybridized carbons (Fsp3) is 0.250. The van der Waals surface area contributed by atoms with Crippen molar-refractivity contribution in [3.63, 3.8) is 0 Å². The smallest absolute Gasteiger partial charge is 0.273 e. The average molecular weight is 434 g/mol. The third-order valence-corrected chi connectivity index (χ3v) is 7.02. The molecule has 1 N–H and O–H groups in total. The van der Waals surface area contributed by atoms with Crippen LogP contribution in [0.25, 0.3) is 10.8 Å². The quantitative estimate of drug-likeness (QED) is 0.682. The van der Waals surface area contributed by atoms with Crippen LogP contribution in [0.3, 0.4) is 0 Å². The van der Waals surface area contributed by atoms with Gasteiger partial charge in [0.2, 0.25) is 15.7 Å². The summed E-state index contributed by atoms with van der Waals surface area (Å²) in [5.41, 5.74) is 2.46. The maximum atomic E-state index is 13.0. The SMILES string of the molecule is CC(C)(C)S(=O)(=O)c1nn(NC(=O)Cc2ccc(Cl)cc2)c(=O)c2ccccc12. The first-order chi connectivity index (χ1) is 13.5. The number of fused-ring (bicyclic) bond motifs is 1. The zero-order valence-electron chi connectivity index (χ0n) is 16.1. The van der Waals surface area contributed by atoms with Crippen molar-refractivity contribution in [2.24, 2.45) is 0 Å². The molecular formula is C20H20ClN3O4S. The molecule has 0 fully saturated rings. The van der Waals surface area contributed by atoms with E-state index in [1.165, 1.54) is 12.1 Å². The van der Waals surface area contributed by atoms with Gasteiger partial charge in [0.15, 0.2) is 5.03 Å². The molecule has 0 bridgehead atoms. The molecule has 0 unspecified atom stereocenters. The molecule has 1 amide bonds. The van der Waals surface area contributed by atoms with Crippen LogP contribution in [-0.2, 0) is 21.1 Å². The second kappa shape index (κ2) is 7.61. The highest BCUT2D eigenvalue weighted by Crippen LogP contribution is 2.27. The predicted molar refractivity (Wildman–Crippen MR) is 112 cm³/mol. The monoisotopic (exact) mass is 433 g/mol. The molecule has 3 rings (SSSR count). The summed E-state index contributed by atoms with van der Waals surface area (Å²) in [4.78, 5) is 25.9. The van der Waals surface area contributed by atoms with Gasteiger partial charge in [0.1, 0.15) is 0 Å². The summed E-state index contributed by atoms with van der Waals surface area (Å²) in [6.07, 6.45) is -0.0283. The number of hydrogen-bond donors (Lipinski definition) is 1. The number of halogens is 1. The Morgan fingerprint density at radius 3 is 2.24 bits per heavy atom. The lowest BCUT2D eigenvalue weighted by Gasteiger charge is -2.20. The number of benzene rings is 2. The molecule has 0 aliphatic rings. The number of hydrogen-bond acceptors (Lipinski definition) is 5. The lowest BCUT2D eigenvalue weighted by atomic mass is 10.1. The van der Waals surface area contributed by atoms with Gasteiger partial charge in [-0.3, -0.25) is 9.59 Å². The maximum absolute atomic E-state index is 13.0. The molecule has 0 aliphatic carbocycles. The molecule has 3 aromatic rings. The Hall–Kier alpha value is -2.71. The summed E-state index contributed by atoms with van der Waals surface area (Å²) in [5.74, 6) is -0.517. The van der Waals surface area contributed by atoms with Gasteiger partial charge in [-0.1, -0.05) is 41.9 Å². The first kappa shape index (κ1) is 21.0. The lowest BCUT2D eigenvalue weighted by Crippen LogP contribution is -2.38. The van der Waals surface area contributed by atoms with E-state index in [9.17, 15) is 18.0 Å². The van der Waals surface area contributed by atoms with E-state index in [-0.39, 0.29) is 22.2 Å². The van der Waals surface area contributed by atoms with Gasteiger partial charge < -0.3 is 0 Å². The van der Waals surface area contributed by atoms with Gasteiger partial charge >= 0.3 is 0 Å². The third-order valence-electron chi connectivity index (χ3n) is 4.34. The van der Waals surface area contributed by atoms with Gasteiger partial charge in [-0.25, -0.2) is 13.8 Å². The van der Waals surface area contributed by atoms with E-state index in [0.29, 0.717) is 15.4 Å². The number of nitrogens with one attached hydrogen (secondary N) is 1. The predicted octanol–water partition coefficient (Wildman–Crippen LogP) is 2.93. The molecule has 9 heteroatoms. The van der Waals surface area contributed by atoms with Crippen molar-refractivity contribution in [1.82, 2.24) is 9.89 Å². The lowest BCUT2D eigenvalue weighted by molar-refractivity contribution is -0.116. The fourth-order valence-corrected chi connectivity index (χ4v) is 4.03. The van der Waals surface area contributed by atoms with E-state index in [2.05, 4.69) is 10.5 Å². The average Bonchev–Trinajstić information content (AvgIpc) is 2.65. The van der Waals surface area contributed by atoms with Crippen molar-refractivity contribution >= 4 is 38.1 Å². The second-order valence-corrected chi connectivity index (χ2v) is 10.6. The van der Waals surface area contributed by atoms with Crippen LogP contribution >= 0.6 is 11.6 Å². The summed E-state index contributed by atoms with van der Waals surface area (Å²) in [6.45, 7) is 4.65. The number of carbonyl (C=O) groups is 1. The van der Waals surface area contributed by atoms with E-state index in [1.54, 1.807) is 57.2 Å². The highest BCUT2D eigenvalue weighted by Gasteiger charge is 2.35. The molecule has 0 aliphatic heterocycles. The van der Waals surface area contributed by atoms with Gasteiger partial charge in [0.05, 0.1) is 16.6 Å². The Morgan fingerprint density at radius 2 is 1.66 bits per heavy atom. The Labute approximate surface area is 173 Å². The van der Waals surface area contributed by atoms with Crippen LogP contribution < -0.4 is 11.0 Å². The van der Waals surface area contributed by atoms with Crippen molar-refractivity contribution < 1.29 is 13.2 Å². The van der Waals surface area contributed by atoms with Crippen molar-refractivity contribution in [2.45, 2.75) is 37.0 Å². The Bertz CT molecular complexity index is 1240. The number of carbonyl (C=O) groups excluding carboxylic acids is 1.